The third-order valence-corrected chi connectivity index (χ3v) is 5.10. The standard InChI is InChI=1S/C21H19NOS/c1-2-17-14-18-19(23-15-16-8-4-3-5-9-16)10-6-12-22(18)21(17)20-11-7-13-24-20/h3-14H,2,15H2,1H3. The predicted octanol–water partition coefficient (Wildman–Crippen LogP) is 5.81. The smallest absolute Gasteiger partial charge is 0.143 e. The maximum absolute atomic E-state index is 6.12. The fraction of sp³-hybridized carbons (Fsp3) is 0.143. The zero-order chi connectivity index (χ0) is 16.4. The van der Waals surface area contributed by atoms with Crippen LogP contribution in [0.25, 0.3) is 16.1 Å². The largest absolute Gasteiger partial charge is 0.487 e. The highest BCUT2D eigenvalue weighted by Gasteiger charge is 2.14. The van der Waals surface area contributed by atoms with Crippen LogP contribution in [0.5, 0.6) is 5.75 Å². The summed E-state index contributed by atoms with van der Waals surface area (Å²) in [6.07, 6.45) is 3.13. The number of aryl methyl sites for hydroxylation is 1. The normalized spacial score (nSPS) is 11.0. The molecule has 0 atom stereocenters. The van der Waals surface area contributed by atoms with Gasteiger partial charge in [-0.2, -0.15) is 0 Å². The summed E-state index contributed by atoms with van der Waals surface area (Å²) in [7, 11) is 0. The van der Waals surface area contributed by atoms with Gasteiger partial charge in [0.05, 0.1) is 16.1 Å². The third kappa shape index (κ3) is 2.72. The number of aromatic nitrogens is 1. The van der Waals surface area contributed by atoms with E-state index in [4.69, 9.17) is 4.74 Å². The van der Waals surface area contributed by atoms with Crippen LogP contribution in [0.2, 0.25) is 0 Å². The second-order valence-corrected chi connectivity index (χ2v) is 6.70. The quantitative estimate of drug-likeness (QED) is 0.449. The minimum absolute atomic E-state index is 0.585. The van der Waals surface area contributed by atoms with Gasteiger partial charge in [0.1, 0.15) is 12.4 Å². The Kier molecular flexibility index (Phi) is 4.09. The van der Waals surface area contributed by atoms with Gasteiger partial charge in [-0.25, -0.2) is 0 Å². The fourth-order valence-corrected chi connectivity index (χ4v) is 3.84. The molecule has 0 radical (unpaired) electrons. The van der Waals surface area contributed by atoms with E-state index in [1.54, 1.807) is 11.3 Å². The number of rotatable bonds is 5. The van der Waals surface area contributed by atoms with Crippen molar-refractivity contribution in [1.82, 2.24) is 4.40 Å². The molecule has 3 heterocycles. The second-order valence-electron chi connectivity index (χ2n) is 5.75. The van der Waals surface area contributed by atoms with Crippen LogP contribution in [0.1, 0.15) is 18.1 Å². The molecule has 0 aliphatic heterocycles. The molecule has 0 bridgehead atoms. The van der Waals surface area contributed by atoms with Crippen molar-refractivity contribution >= 4 is 16.9 Å². The predicted molar refractivity (Wildman–Crippen MR) is 101 cm³/mol. The van der Waals surface area contributed by atoms with Crippen molar-refractivity contribution in [1.29, 1.82) is 0 Å². The Balaban J connectivity index is 1.75. The monoisotopic (exact) mass is 333 g/mol. The number of ether oxygens (including phenoxy) is 1. The van der Waals surface area contributed by atoms with Crippen molar-refractivity contribution < 1.29 is 4.74 Å². The summed E-state index contributed by atoms with van der Waals surface area (Å²) in [5, 5.41) is 2.13. The summed E-state index contributed by atoms with van der Waals surface area (Å²) in [4.78, 5) is 1.30. The molecular weight excluding hydrogens is 314 g/mol. The van der Waals surface area contributed by atoms with Crippen LogP contribution in [0, 0.1) is 0 Å². The Morgan fingerprint density at radius 1 is 1.00 bits per heavy atom. The number of benzene rings is 1. The molecule has 4 aromatic rings. The molecular formula is C21H19NOS. The molecule has 0 saturated heterocycles. The lowest BCUT2D eigenvalue weighted by Gasteiger charge is -2.09. The summed E-state index contributed by atoms with van der Waals surface area (Å²) in [6.45, 7) is 2.79. The van der Waals surface area contributed by atoms with Crippen LogP contribution in [-0.2, 0) is 13.0 Å². The second kappa shape index (κ2) is 6.54. The first-order chi connectivity index (χ1) is 11.9. The van der Waals surface area contributed by atoms with Crippen molar-refractivity contribution in [2.75, 3.05) is 0 Å². The minimum Gasteiger partial charge on any atom is -0.487 e. The third-order valence-electron chi connectivity index (χ3n) is 4.22. The highest BCUT2D eigenvalue weighted by atomic mass is 32.1. The van der Waals surface area contributed by atoms with E-state index in [0.29, 0.717) is 6.61 Å². The molecule has 1 aromatic carbocycles. The average molecular weight is 333 g/mol. The first-order valence-corrected chi connectivity index (χ1v) is 9.08. The lowest BCUT2D eigenvalue weighted by atomic mass is 10.1. The van der Waals surface area contributed by atoms with E-state index in [1.807, 2.05) is 18.2 Å². The first kappa shape index (κ1) is 15.0. The van der Waals surface area contributed by atoms with E-state index in [-0.39, 0.29) is 0 Å². The molecule has 0 amide bonds. The zero-order valence-electron chi connectivity index (χ0n) is 13.6. The number of hydrogen-bond donors (Lipinski definition) is 0. The zero-order valence-corrected chi connectivity index (χ0v) is 14.4. The molecule has 0 unspecified atom stereocenters. The summed E-state index contributed by atoms with van der Waals surface area (Å²) in [6, 6.07) is 21.0. The summed E-state index contributed by atoms with van der Waals surface area (Å²) in [5.41, 5.74) is 4.95. The first-order valence-electron chi connectivity index (χ1n) is 8.20. The SMILES string of the molecule is CCc1cc2c(OCc3ccccc3)cccn2c1-c1cccs1. The minimum atomic E-state index is 0.585. The Morgan fingerprint density at radius 2 is 1.88 bits per heavy atom. The molecule has 0 spiro atoms. The fourth-order valence-electron chi connectivity index (χ4n) is 3.04. The molecule has 0 saturated carbocycles. The maximum atomic E-state index is 6.12. The number of nitrogens with zero attached hydrogens (tertiary/aromatic N) is 1. The van der Waals surface area contributed by atoms with E-state index in [0.717, 1.165) is 17.7 Å². The maximum Gasteiger partial charge on any atom is 0.143 e. The van der Waals surface area contributed by atoms with Crippen molar-refractivity contribution in [3.05, 3.63) is 83.4 Å². The van der Waals surface area contributed by atoms with Crippen LogP contribution in [0.4, 0.5) is 0 Å². The molecule has 0 fully saturated rings. The summed E-state index contributed by atoms with van der Waals surface area (Å²) >= 11 is 1.78. The average Bonchev–Trinajstić information content (AvgIpc) is 3.27. The Hall–Kier alpha value is -2.52. The van der Waals surface area contributed by atoms with Gasteiger partial charge in [0.15, 0.2) is 0 Å². The lowest BCUT2D eigenvalue weighted by molar-refractivity contribution is 0.309. The van der Waals surface area contributed by atoms with Crippen molar-refractivity contribution in [3.8, 4) is 16.3 Å². The summed E-state index contributed by atoms with van der Waals surface area (Å²) in [5.74, 6) is 0.929. The Morgan fingerprint density at radius 3 is 2.62 bits per heavy atom. The topological polar surface area (TPSA) is 13.6 Å². The molecule has 4 rings (SSSR count). The lowest BCUT2D eigenvalue weighted by Crippen LogP contribution is -1.97. The van der Waals surface area contributed by atoms with Crippen LogP contribution in [0.3, 0.4) is 0 Å². The van der Waals surface area contributed by atoms with Gasteiger partial charge in [-0.15, -0.1) is 11.3 Å². The number of thiophene rings is 1. The van der Waals surface area contributed by atoms with E-state index >= 15 is 0 Å². The highest BCUT2D eigenvalue weighted by molar-refractivity contribution is 7.13. The summed E-state index contributed by atoms with van der Waals surface area (Å²) < 4.78 is 8.37. The molecule has 0 N–H and O–H groups in total. The van der Waals surface area contributed by atoms with E-state index in [1.165, 1.54) is 21.7 Å². The molecule has 120 valence electrons. The number of hydrogen-bond acceptors (Lipinski definition) is 2. The Bertz CT molecular complexity index is 939. The number of fused-ring (bicyclic) bond motifs is 1. The molecule has 2 nitrogen and oxygen atoms in total. The van der Waals surface area contributed by atoms with Gasteiger partial charge in [0.25, 0.3) is 0 Å². The van der Waals surface area contributed by atoms with Crippen molar-refractivity contribution in [2.24, 2.45) is 0 Å². The van der Waals surface area contributed by atoms with Crippen LogP contribution in [0.15, 0.2) is 72.2 Å². The van der Waals surface area contributed by atoms with Gasteiger partial charge in [0.2, 0.25) is 0 Å². The van der Waals surface area contributed by atoms with E-state index in [2.05, 4.69) is 65.4 Å². The molecule has 0 aliphatic carbocycles. The molecule has 3 aromatic heterocycles. The van der Waals surface area contributed by atoms with Crippen molar-refractivity contribution in [3.63, 3.8) is 0 Å². The van der Waals surface area contributed by atoms with Gasteiger partial charge in [0, 0.05) is 6.20 Å². The van der Waals surface area contributed by atoms with Gasteiger partial charge in [-0.05, 0) is 47.2 Å². The van der Waals surface area contributed by atoms with Gasteiger partial charge in [-0.3, -0.25) is 0 Å². The van der Waals surface area contributed by atoms with Gasteiger partial charge < -0.3 is 9.14 Å². The van der Waals surface area contributed by atoms with Gasteiger partial charge >= 0.3 is 0 Å². The van der Waals surface area contributed by atoms with Crippen LogP contribution in [-0.4, -0.2) is 4.40 Å². The van der Waals surface area contributed by atoms with Gasteiger partial charge in [-0.1, -0.05) is 43.3 Å². The van der Waals surface area contributed by atoms with E-state index < -0.39 is 0 Å². The molecule has 0 aliphatic rings. The molecule has 3 heteroatoms. The van der Waals surface area contributed by atoms with Crippen molar-refractivity contribution in [2.45, 2.75) is 20.0 Å². The van der Waals surface area contributed by atoms with E-state index in [9.17, 15) is 0 Å². The highest BCUT2D eigenvalue weighted by Crippen LogP contribution is 2.34. The number of pyridine rings is 1. The van der Waals surface area contributed by atoms with Crippen LogP contribution >= 0.6 is 11.3 Å². The molecule has 24 heavy (non-hydrogen) atoms. The Labute approximate surface area is 146 Å². The van der Waals surface area contributed by atoms with Crippen LogP contribution < -0.4 is 4.74 Å².